The quantitative estimate of drug-likeness (QED) is 0.0712. The Morgan fingerprint density at radius 1 is 0.622 bits per heavy atom. The molecule has 6 aliphatic rings. The van der Waals surface area contributed by atoms with Gasteiger partial charge in [0.2, 0.25) is 11.8 Å². The highest BCUT2D eigenvalue weighted by Crippen LogP contribution is 2.61. The Morgan fingerprint density at radius 2 is 1.05 bits per heavy atom. The number of benzene rings is 3. The van der Waals surface area contributed by atoms with Crippen molar-refractivity contribution in [2.75, 3.05) is 20.2 Å². The van der Waals surface area contributed by atoms with E-state index in [-0.39, 0.29) is 35.7 Å². The molecule has 386 valence electrons. The lowest BCUT2D eigenvalue weighted by Gasteiger charge is -2.57. The first-order valence-corrected chi connectivity index (χ1v) is 26.8. The number of H-pyrrole nitrogens is 2. The summed E-state index contributed by atoms with van der Waals surface area (Å²) >= 11 is 0. The second-order valence-corrected chi connectivity index (χ2v) is 22.6. The Morgan fingerprint density at radius 3 is 1.47 bits per heavy atom. The molecule has 3 aromatic carbocycles. The van der Waals surface area contributed by atoms with Crippen LogP contribution in [0.15, 0.2) is 97.3 Å². The van der Waals surface area contributed by atoms with Crippen molar-refractivity contribution in [1.82, 2.24) is 44.9 Å². The van der Waals surface area contributed by atoms with Crippen LogP contribution >= 0.6 is 0 Å². The van der Waals surface area contributed by atoms with Crippen molar-refractivity contribution in [2.45, 2.75) is 121 Å². The Hall–Kier alpha value is -7.16. The minimum Gasteiger partial charge on any atom is -0.465 e. The molecule has 6 aromatic rings. The Kier molecular flexibility index (Phi) is 13.2. The fraction of sp³-hybridized carbons (Fsp3) is 0.458. The molecule has 4 aliphatic carbocycles. The summed E-state index contributed by atoms with van der Waals surface area (Å²) in [6, 6.07) is 29.0. The molecule has 5 heterocycles. The number of amides is 4. The van der Waals surface area contributed by atoms with Crippen molar-refractivity contribution in [3.05, 3.63) is 115 Å². The number of carbonyl (C=O) groups is 4. The summed E-state index contributed by atoms with van der Waals surface area (Å²) in [5.74, 6) is 3.33. The highest BCUT2D eigenvalue weighted by atomic mass is 16.5. The number of imidazole rings is 2. The molecule has 12 rings (SSSR count). The van der Waals surface area contributed by atoms with Gasteiger partial charge in [0.1, 0.15) is 23.7 Å². The van der Waals surface area contributed by atoms with Gasteiger partial charge in [-0.25, -0.2) is 19.6 Å². The molecule has 4 amide bonds. The van der Waals surface area contributed by atoms with Crippen LogP contribution in [0, 0.1) is 29.6 Å². The van der Waals surface area contributed by atoms with Crippen LogP contribution in [0.3, 0.4) is 0 Å². The number of rotatable bonds is 14. The number of alkyl carbamates (subject to hydrolysis) is 1. The second-order valence-electron chi connectivity index (χ2n) is 22.6. The lowest BCUT2D eigenvalue weighted by Crippen LogP contribution is -2.51. The van der Waals surface area contributed by atoms with Crippen LogP contribution < -0.4 is 10.6 Å². The van der Waals surface area contributed by atoms with E-state index < -0.39 is 24.3 Å². The van der Waals surface area contributed by atoms with E-state index in [4.69, 9.17) is 14.7 Å². The summed E-state index contributed by atoms with van der Waals surface area (Å²) < 4.78 is 7.20. The summed E-state index contributed by atoms with van der Waals surface area (Å²) in [5.41, 5.74) is 10.8. The van der Waals surface area contributed by atoms with Crippen LogP contribution in [-0.4, -0.2) is 95.7 Å². The van der Waals surface area contributed by atoms with Crippen molar-refractivity contribution < 1.29 is 29.0 Å². The van der Waals surface area contributed by atoms with Gasteiger partial charge in [-0.2, -0.15) is 0 Å². The lowest BCUT2D eigenvalue weighted by atomic mass is 9.48. The second kappa shape index (κ2) is 19.9. The Balaban J connectivity index is 0.870. The van der Waals surface area contributed by atoms with E-state index >= 15 is 0 Å². The van der Waals surface area contributed by atoms with Gasteiger partial charge >= 0.3 is 12.2 Å². The summed E-state index contributed by atoms with van der Waals surface area (Å²) in [5, 5.41) is 14.6. The fourth-order valence-corrected chi connectivity index (χ4v) is 13.9. The maximum absolute atomic E-state index is 13.8. The molecule has 74 heavy (non-hydrogen) atoms. The van der Waals surface area contributed by atoms with Crippen molar-refractivity contribution in [1.29, 1.82) is 0 Å². The first kappa shape index (κ1) is 49.1. The molecule has 0 unspecified atom stereocenters. The van der Waals surface area contributed by atoms with E-state index in [0.29, 0.717) is 24.3 Å². The van der Waals surface area contributed by atoms with Gasteiger partial charge in [0, 0.05) is 18.8 Å². The summed E-state index contributed by atoms with van der Waals surface area (Å²) in [7, 11) is 1.30. The molecule has 4 saturated carbocycles. The third kappa shape index (κ3) is 9.27. The molecular formula is C59H69N9O6. The molecule has 4 bridgehead atoms. The van der Waals surface area contributed by atoms with Crippen LogP contribution in [0.5, 0.6) is 0 Å². The van der Waals surface area contributed by atoms with Crippen LogP contribution in [0.25, 0.3) is 50.7 Å². The highest BCUT2D eigenvalue weighted by molar-refractivity contribution is 5.87. The van der Waals surface area contributed by atoms with Gasteiger partial charge in [-0.05, 0) is 151 Å². The normalized spacial score (nSPS) is 23.9. The highest BCUT2D eigenvalue weighted by Gasteiger charge is 2.51. The van der Waals surface area contributed by atoms with Crippen molar-refractivity contribution in [3.8, 4) is 50.7 Å². The van der Waals surface area contributed by atoms with E-state index in [1.54, 1.807) is 4.90 Å². The van der Waals surface area contributed by atoms with E-state index in [2.05, 4.69) is 110 Å². The molecule has 2 aliphatic heterocycles. The number of ether oxygens (including phenoxy) is 1. The van der Waals surface area contributed by atoms with Gasteiger partial charge in [0.05, 0.1) is 54.4 Å². The lowest BCUT2D eigenvalue weighted by molar-refractivity contribution is -0.136. The Labute approximate surface area is 432 Å². The summed E-state index contributed by atoms with van der Waals surface area (Å²) in [6.07, 6.45) is 13.2. The van der Waals surface area contributed by atoms with E-state index in [9.17, 15) is 24.3 Å². The number of carboxylic acid groups (broad SMARTS) is 1. The zero-order valence-electron chi connectivity index (χ0n) is 43.1. The fourth-order valence-electron chi connectivity index (χ4n) is 13.9. The SMILES string of the molecule is COC(=O)N[C@H](C(=O)N1CCC[C@H]1c1ncc(-c2ccc(-c3ccc(-c4ccc(-c5cnc([C@@H]6CCCN6C(=O)[C@@H](NC(=O)O)C(C)C)[nH]5)cc4)n3-c3ccc(C45CC6CC(CC(C6)C4)C5)cc3)cc2)[nH]1)C(C)C. The first-order valence-electron chi connectivity index (χ1n) is 26.8. The van der Waals surface area contributed by atoms with Gasteiger partial charge in [-0.15, -0.1) is 0 Å². The standard InChI is InChI=1S/C59H69N9O6/c1-34(2)51(64-57(71)72)55(69)66-24-6-8-49(66)53-60-32-45(62-53)39-10-14-41(15-11-39)47-22-23-48(68(47)44-20-18-43(19-21-44)59-29-36-26-37(30-59)28-38(27-36)31-59)42-16-12-40(13-17-42)46-33-61-54(63-46)50-9-7-25-67(50)56(70)52(35(3)4)65-58(73)74-5/h10-23,32-38,49-52,64H,6-9,24-31H2,1-5H3,(H,60,62)(H,61,63)(H,65,73)(H,71,72)/t36?,37?,38?,49-,50-,51-,52-,59?/m0/s1. The zero-order valence-corrected chi connectivity index (χ0v) is 43.1. The Bertz CT molecular complexity index is 2990. The summed E-state index contributed by atoms with van der Waals surface area (Å²) in [6.45, 7) is 8.66. The molecular weight excluding hydrogens is 931 g/mol. The molecule has 3 aromatic heterocycles. The van der Waals surface area contributed by atoms with Gasteiger partial charge in [0.25, 0.3) is 0 Å². The maximum atomic E-state index is 13.8. The topological polar surface area (TPSA) is 191 Å². The molecule has 4 atom stereocenters. The van der Waals surface area contributed by atoms with Crippen LogP contribution in [-0.2, 0) is 19.7 Å². The number of nitrogens with zero attached hydrogens (tertiary/aromatic N) is 5. The smallest absolute Gasteiger partial charge is 0.407 e. The van der Waals surface area contributed by atoms with Gasteiger partial charge < -0.3 is 44.8 Å². The third-order valence-corrected chi connectivity index (χ3v) is 17.1. The monoisotopic (exact) mass is 1000 g/mol. The predicted molar refractivity (Wildman–Crippen MR) is 283 cm³/mol. The van der Waals surface area contributed by atoms with Gasteiger partial charge in [-0.3, -0.25) is 9.59 Å². The number of carbonyl (C=O) groups excluding carboxylic acids is 3. The summed E-state index contributed by atoms with van der Waals surface area (Å²) in [4.78, 5) is 71.4. The van der Waals surface area contributed by atoms with Gasteiger partial charge in [-0.1, -0.05) is 88.4 Å². The molecule has 5 N–H and O–H groups in total. The van der Waals surface area contributed by atoms with Crippen LogP contribution in [0.4, 0.5) is 9.59 Å². The van der Waals surface area contributed by atoms with Crippen LogP contribution in [0.1, 0.15) is 121 Å². The zero-order chi connectivity index (χ0) is 51.4. The minimum absolute atomic E-state index is 0.119. The first-order chi connectivity index (χ1) is 35.7. The average molecular weight is 1000 g/mol. The van der Waals surface area contributed by atoms with Crippen molar-refractivity contribution in [2.24, 2.45) is 29.6 Å². The number of methoxy groups -OCH3 is 1. The number of likely N-dealkylation sites (tertiary alicyclic amines) is 2. The predicted octanol–water partition coefficient (Wildman–Crippen LogP) is 11.1. The van der Waals surface area contributed by atoms with E-state index in [0.717, 1.165) is 100.0 Å². The van der Waals surface area contributed by atoms with Crippen LogP contribution in [0.2, 0.25) is 0 Å². The molecule has 0 radical (unpaired) electrons. The minimum atomic E-state index is -1.21. The molecule has 0 spiro atoms. The molecule has 2 saturated heterocycles. The number of nitrogens with one attached hydrogen (secondary N) is 4. The molecule has 15 nitrogen and oxygen atoms in total. The number of hydrogen-bond donors (Lipinski definition) is 5. The van der Waals surface area contributed by atoms with E-state index in [1.807, 2.05) is 45.0 Å². The number of aromatic amines is 2. The van der Waals surface area contributed by atoms with E-state index in [1.165, 1.54) is 51.2 Å². The average Bonchev–Trinajstić information content (AvgIpc) is 4.26. The van der Waals surface area contributed by atoms with Crippen molar-refractivity contribution in [3.63, 3.8) is 0 Å². The third-order valence-electron chi connectivity index (χ3n) is 17.1. The van der Waals surface area contributed by atoms with Gasteiger partial charge in [0.15, 0.2) is 0 Å². The molecule has 15 heteroatoms. The van der Waals surface area contributed by atoms with Crippen molar-refractivity contribution >= 4 is 24.0 Å². The molecule has 6 fully saturated rings. The number of aromatic nitrogens is 5. The number of hydrogen-bond acceptors (Lipinski definition) is 7. The maximum Gasteiger partial charge on any atom is 0.407 e. The largest absolute Gasteiger partial charge is 0.465 e.